The molecule has 7 nitrogen and oxygen atoms in total. The van der Waals surface area contributed by atoms with Gasteiger partial charge in [0.15, 0.2) is 5.84 Å². The van der Waals surface area contributed by atoms with Crippen LogP contribution in [-0.4, -0.2) is 27.6 Å². The zero-order valence-electron chi connectivity index (χ0n) is 18.6. The molecule has 0 bridgehead atoms. The van der Waals surface area contributed by atoms with Gasteiger partial charge in [-0.3, -0.25) is 0 Å². The predicted octanol–water partition coefficient (Wildman–Crippen LogP) is 5.01. The minimum absolute atomic E-state index is 0.00763. The van der Waals surface area contributed by atoms with Crippen LogP contribution >= 0.6 is 0 Å². The van der Waals surface area contributed by atoms with Crippen molar-refractivity contribution in [2.24, 2.45) is 10.9 Å². The first-order valence-corrected chi connectivity index (χ1v) is 10.9. The molecule has 0 amide bonds. The number of rotatable bonds is 8. The number of halogens is 1. The van der Waals surface area contributed by atoms with Crippen molar-refractivity contribution in [3.8, 4) is 5.75 Å². The first-order chi connectivity index (χ1) is 16.6. The maximum Gasteiger partial charge on any atom is 0.170 e. The highest BCUT2D eigenvalue weighted by molar-refractivity contribution is 5.97. The van der Waals surface area contributed by atoms with E-state index in [2.05, 4.69) is 32.6 Å². The molecule has 1 unspecified atom stereocenters. The molecular weight excluding hydrogens is 433 g/mol. The van der Waals surface area contributed by atoms with Gasteiger partial charge in [-0.25, -0.2) is 9.37 Å². The minimum Gasteiger partial charge on any atom is -0.494 e. The van der Waals surface area contributed by atoms with Crippen LogP contribution in [0.15, 0.2) is 90.3 Å². The maximum atomic E-state index is 15.1. The van der Waals surface area contributed by atoms with E-state index in [4.69, 9.17) is 15.7 Å². The van der Waals surface area contributed by atoms with E-state index in [0.29, 0.717) is 35.0 Å². The zero-order chi connectivity index (χ0) is 23.9. The third-order valence-electron chi connectivity index (χ3n) is 5.41. The lowest BCUT2D eigenvalue weighted by Crippen LogP contribution is -2.17. The Morgan fingerprint density at radius 1 is 1.18 bits per heavy atom. The third-order valence-corrected chi connectivity index (χ3v) is 5.41. The van der Waals surface area contributed by atoms with E-state index in [1.165, 1.54) is 6.07 Å². The van der Waals surface area contributed by atoms with Gasteiger partial charge in [0.05, 0.1) is 6.61 Å². The Labute approximate surface area is 197 Å². The van der Waals surface area contributed by atoms with Gasteiger partial charge in [0.25, 0.3) is 0 Å². The number of hydrogen-bond acceptors (Lipinski definition) is 5. The van der Waals surface area contributed by atoms with Crippen LogP contribution in [0.3, 0.4) is 0 Å². The second kappa shape index (κ2) is 10.5. The van der Waals surface area contributed by atoms with Gasteiger partial charge in [0.1, 0.15) is 23.4 Å². The van der Waals surface area contributed by atoms with Gasteiger partial charge in [-0.15, -0.1) is 0 Å². The van der Waals surface area contributed by atoms with Crippen LogP contribution in [0.2, 0.25) is 0 Å². The van der Waals surface area contributed by atoms with Crippen LogP contribution in [0.4, 0.5) is 10.1 Å². The molecule has 34 heavy (non-hydrogen) atoms. The van der Waals surface area contributed by atoms with Crippen LogP contribution in [0.1, 0.15) is 41.5 Å². The zero-order valence-corrected chi connectivity index (χ0v) is 18.6. The lowest BCUT2D eigenvalue weighted by Gasteiger charge is -2.20. The molecule has 1 aliphatic rings. The van der Waals surface area contributed by atoms with Crippen LogP contribution in [0.5, 0.6) is 5.75 Å². The number of benzene rings is 2. The quantitative estimate of drug-likeness (QED) is 0.164. The Bertz CT molecular complexity index is 1230. The standard InChI is InChI=1S/C26H26FN5O2/c1-2-34-20-13-14-22(27)21(15-20)24(30-19-11-9-18(10-12-19)25(28)32-33)26-29-16-23(31-26)17-7-5-3-4-6-8-17/h3-17,24,30,33H,2H2,1H3,(H2,28,32)(H,29,31). The number of anilines is 1. The van der Waals surface area contributed by atoms with Crippen LogP contribution in [0.25, 0.3) is 0 Å². The second-order valence-electron chi connectivity index (χ2n) is 7.66. The highest BCUT2D eigenvalue weighted by Crippen LogP contribution is 2.31. The summed E-state index contributed by atoms with van der Waals surface area (Å²) in [4.78, 5) is 7.95. The molecule has 3 aromatic rings. The molecule has 0 saturated carbocycles. The molecule has 4 rings (SSSR count). The monoisotopic (exact) mass is 459 g/mol. The summed E-state index contributed by atoms with van der Waals surface area (Å²) in [6, 6.07) is 11.0. The smallest absolute Gasteiger partial charge is 0.170 e. The van der Waals surface area contributed by atoms with Gasteiger partial charge in [-0.05, 0) is 49.4 Å². The van der Waals surface area contributed by atoms with Gasteiger partial charge < -0.3 is 26.0 Å². The molecule has 0 radical (unpaired) electrons. The Morgan fingerprint density at radius 2 is 1.91 bits per heavy atom. The molecule has 174 valence electrons. The summed E-state index contributed by atoms with van der Waals surface area (Å²) in [6.07, 6.45) is 13.8. The number of imidazole rings is 1. The summed E-state index contributed by atoms with van der Waals surface area (Å²) in [6.45, 7) is 2.35. The van der Waals surface area contributed by atoms with Crippen molar-refractivity contribution in [2.75, 3.05) is 11.9 Å². The summed E-state index contributed by atoms with van der Waals surface area (Å²) < 4.78 is 20.7. The van der Waals surface area contributed by atoms with Gasteiger partial charge in [0.2, 0.25) is 0 Å². The molecule has 8 heteroatoms. The van der Waals surface area contributed by atoms with Crippen LogP contribution in [0, 0.1) is 5.82 Å². The molecule has 1 atom stereocenters. The fourth-order valence-electron chi connectivity index (χ4n) is 3.69. The fourth-order valence-corrected chi connectivity index (χ4v) is 3.69. The molecule has 0 aliphatic heterocycles. The van der Waals surface area contributed by atoms with E-state index < -0.39 is 6.04 Å². The summed E-state index contributed by atoms with van der Waals surface area (Å²) in [5, 5.41) is 15.3. The van der Waals surface area contributed by atoms with Crippen molar-refractivity contribution in [2.45, 2.75) is 18.9 Å². The molecule has 1 heterocycles. The Morgan fingerprint density at radius 3 is 2.59 bits per heavy atom. The molecule has 2 aromatic carbocycles. The SMILES string of the molecule is CCOc1ccc(F)c(C(Nc2ccc(/C(N)=N/O)cc2)c2ncc(C3C=CC=CC=C3)[nH]2)c1. The maximum absolute atomic E-state index is 15.1. The molecule has 0 saturated heterocycles. The number of H-pyrrole nitrogens is 1. The van der Waals surface area contributed by atoms with E-state index in [9.17, 15) is 0 Å². The number of amidine groups is 1. The van der Waals surface area contributed by atoms with E-state index in [1.54, 1.807) is 42.6 Å². The lowest BCUT2D eigenvalue weighted by atomic mass is 10.0. The first-order valence-electron chi connectivity index (χ1n) is 10.9. The largest absolute Gasteiger partial charge is 0.494 e. The van der Waals surface area contributed by atoms with E-state index >= 15 is 4.39 Å². The number of nitrogens with zero attached hydrogens (tertiary/aromatic N) is 2. The molecule has 0 spiro atoms. The number of aromatic nitrogens is 2. The van der Waals surface area contributed by atoms with E-state index in [-0.39, 0.29) is 17.6 Å². The Hall–Kier alpha value is -4.33. The second-order valence-corrected chi connectivity index (χ2v) is 7.66. The Kier molecular flexibility index (Phi) is 7.07. The number of hydrogen-bond donors (Lipinski definition) is 4. The summed E-state index contributed by atoms with van der Waals surface area (Å²) in [5.41, 5.74) is 8.21. The number of nitrogens with one attached hydrogen (secondary N) is 2. The average Bonchev–Trinajstić information content (AvgIpc) is 3.18. The van der Waals surface area contributed by atoms with Crippen LogP contribution in [-0.2, 0) is 0 Å². The number of aromatic amines is 1. The first kappa shape index (κ1) is 22.8. The van der Waals surface area contributed by atoms with Gasteiger partial charge in [0, 0.05) is 34.6 Å². The number of allylic oxidation sites excluding steroid dienone is 6. The van der Waals surface area contributed by atoms with Crippen molar-refractivity contribution >= 4 is 11.5 Å². The summed E-state index contributed by atoms with van der Waals surface area (Å²) >= 11 is 0. The van der Waals surface area contributed by atoms with Gasteiger partial charge >= 0.3 is 0 Å². The minimum atomic E-state index is -0.624. The summed E-state index contributed by atoms with van der Waals surface area (Å²) in [7, 11) is 0. The van der Waals surface area contributed by atoms with Crippen molar-refractivity contribution in [3.63, 3.8) is 0 Å². The normalized spacial score (nSPS) is 14.7. The lowest BCUT2D eigenvalue weighted by molar-refractivity contribution is 0.318. The highest BCUT2D eigenvalue weighted by atomic mass is 19.1. The van der Waals surface area contributed by atoms with Gasteiger partial charge in [-0.2, -0.15) is 0 Å². The van der Waals surface area contributed by atoms with Crippen molar-refractivity contribution < 1.29 is 14.3 Å². The number of ether oxygens (including phenoxy) is 1. The van der Waals surface area contributed by atoms with Crippen molar-refractivity contribution in [1.82, 2.24) is 9.97 Å². The summed E-state index contributed by atoms with van der Waals surface area (Å²) in [5.74, 6) is 0.776. The predicted molar refractivity (Wildman–Crippen MR) is 131 cm³/mol. The molecular formula is C26H26FN5O2. The highest BCUT2D eigenvalue weighted by Gasteiger charge is 2.23. The van der Waals surface area contributed by atoms with Crippen molar-refractivity contribution in [1.29, 1.82) is 0 Å². The van der Waals surface area contributed by atoms with Crippen LogP contribution < -0.4 is 15.8 Å². The van der Waals surface area contributed by atoms with Gasteiger partial charge in [-0.1, -0.05) is 41.6 Å². The number of nitrogens with two attached hydrogens (primary N) is 1. The average molecular weight is 460 g/mol. The molecule has 1 aromatic heterocycles. The number of oxime groups is 1. The van der Waals surface area contributed by atoms with E-state index in [1.807, 2.05) is 31.2 Å². The van der Waals surface area contributed by atoms with E-state index in [0.717, 1.165) is 5.69 Å². The molecule has 5 N–H and O–H groups in total. The van der Waals surface area contributed by atoms with Crippen molar-refractivity contribution in [3.05, 3.63) is 114 Å². The Balaban J connectivity index is 1.71. The topological polar surface area (TPSA) is 109 Å². The third kappa shape index (κ3) is 5.17. The molecule has 0 fully saturated rings. The fraction of sp³-hybridized carbons (Fsp3) is 0.154. The molecule has 1 aliphatic carbocycles.